The Hall–Kier alpha value is -0.540. The van der Waals surface area contributed by atoms with Crippen LogP contribution in [0.5, 0.6) is 0 Å². The van der Waals surface area contributed by atoms with Gasteiger partial charge in [-0.05, 0) is 19.3 Å². The first-order chi connectivity index (χ1) is 19.0. The quantitative estimate of drug-likeness (QED) is 0.0508. The molecular formula is C30H63NO8P+. The number of phosphoric acid groups is 1. The molecule has 0 radical (unpaired) electrons. The van der Waals surface area contributed by atoms with Crippen LogP contribution in [0, 0.1) is 5.92 Å². The average molecular weight is 597 g/mol. The number of rotatable bonds is 30. The van der Waals surface area contributed by atoms with Crippen LogP contribution in [-0.2, 0) is 27.9 Å². The van der Waals surface area contributed by atoms with Crippen LogP contribution in [0.3, 0.4) is 0 Å². The summed E-state index contributed by atoms with van der Waals surface area (Å²) in [6.45, 7) is 5.63. The van der Waals surface area contributed by atoms with Crippen LogP contribution in [-0.4, -0.2) is 87.3 Å². The molecule has 0 heterocycles. The lowest BCUT2D eigenvalue weighted by atomic mass is 10.0. The number of unbranched alkanes of at least 4 members (excludes halogenated alkanes) is 13. The van der Waals surface area contributed by atoms with E-state index in [1.165, 1.54) is 77.0 Å². The molecule has 9 nitrogen and oxygen atoms in total. The maximum Gasteiger partial charge on any atom is 0.472 e. The van der Waals surface area contributed by atoms with Crippen molar-refractivity contribution in [3.63, 3.8) is 0 Å². The Bertz CT molecular complexity index is 644. The number of hydrogen-bond acceptors (Lipinski definition) is 6. The molecule has 0 rings (SSSR count). The van der Waals surface area contributed by atoms with Crippen molar-refractivity contribution in [3.05, 3.63) is 0 Å². The van der Waals surface area contributed by atoms with E-state index in [-0.39, 0.29) is 19.8 Å². The second kappa shape index (κ2) is 25.0. The van der Waals surface area contributed by atoms with E-state index in [0.717, 1.165) is 12.8 Å². The average Bonchev–Trinajstić information content (AvgIpc) is 2.87. The number of likely N-dealkylation sites (N-methyl/N-ethyl adjacent to an activating group) is 1. The minimum absolute atomic E-state index is 0.103. The summed E-state index contributed by atoms with van der Waals surface area (Å²) in [6, 6.07) is 0. The molecule has 0 aliphatic rings. The van der Waals surface area contributed by atoms with Gasteiger partial charge in [0.2, 0.25) is 0 Å². The molecule has 0 bridgehead atoms. The molecule has 240 valence electrons. The highest BCUT2D eigenvalue weighted by molar-refractivity contribution is 7.47. The fourth-order valence-corrected chi connectivity index (χ4v) is 4.91. The summed E-state index contributed by atoms with van der Waals surface area (Å²) < 4.78 is 34.8. The molecule has 0 saturated carbocycles. The van der Waals surface area contributed by atoms with Gasteiger partial charge in [-0.1, -0.05) is 97.3 Å². The Morgan fingerprint density at radius 1 is 0.750 bits per heavy atom. The number of nitrogens with zero attached hydrogens (tertiary/aromatic N) is 1. The number of hydrogen-bond donors (Lipinski definition) is 2. The van der Waals surface area contributed by atoms with Gasteiger partial charge >= 0.3 is 13.8 Å². The van der Waals surface area contributed by atoms with Gasteiger partial charge in [-0.25, -0.2) is 4.57 Å². The van der Waals surface area contributed by atoms with Crippen molar-refractivity contribution in [2.75, 3.05) is 60.7 Å². The normalized spacial score (nSPS) is 15.2. The minimum Gasteiger partial charge on any atom is -0.481 e. The molecule has 2 N–H and O–H groups in total. The topological polar surface area (TPSA) is 112 Å². The van der Waals surface area contributed by atoms with E-state index in [4.69, 9.17) is 23.6 Å². The molecule has 0 spiro atoms. The van der Waals surface area contributed by atoms with Gasteiger partial charge in [0, 0.05) is 13.2 Å². The maximum atomic E-state index is 12.3. The van der Waals surface area contributed by atoms with E-state index in [1.807, 2.05) is 21.1 Å². The Balaban J connectivity index is 4.10. The van der Waals surface area contributed by atoms with Crippen LogP contribution < -0.4 is 0 Å². The highest BCUT2D eigenvalue weighted by Crippen LogP contribution is 2.43. The van der Waals surface area contributed by atoms with E-state index in [0.29, 0.717) is 37.1 Å². The zero-order chi connectivity index (χ0) is 30.1. The summed E-state index contributed by atoms with van der Waals surface area (Å²) in [5, 5.41) is 9.04. The monoisotopic (exact) mass is 596 g/mol. The lowest BCUT2D eigenvalue weighted by Crippen LogP contribution is -2.37. The van der Waals surface area contributed by atoms with Gasteiger partial charge in [-0.15, -0.1) is 0 Å². The van der Waals surface area contributed by atoms with E-state index in [2.05, 4.69) is 6.92 Å². The van der Waals surface area contributed by atoms with Crippen LogP contribution in [0.1, 0.15) is 117 Å². The Morgan fingerprint density at radius 3 is 1.77 bits per heavy atom. The molecule has 3 unspecified atom stereocenters. The number of ether oxygens (including phenoxy) is 2. The molecule has 0 aliphatic carbocycles. The third kappa shape index (κ3) is 27.6. The van der Waals surface area contributed by atoms with Gasteiger partial charge in [-0.2, -0.15) is 0 Å². The van der Waals surface area contributed by atoms with Crippen molar-refractivity contribution >= 4 is 13.8 Å². The van der Waals surface area contributed by atoms with Crippen molar-refractivity contribution in [1.82, 2.24) is 0 Å². The van der Waals surface area contributed by atoms with Crippen LogP contribution in [0.2, 0.25) is 0 Å². The van der Waals surface area contributed by atoms with Crippen LogP contribution >= 0.6 is 7.82 Å². The fourth-order valence-electron chi connectivity index (χ4n) is 4.17. The SMILES string of the molecule is CCCCCCCCCCCCCCCCOCC(COP(=O)(O)OCC[N+](C)(C)C)OCCCC(C)C(=O)O. The predicted molar refractivity (Wildman–Crippen MR) is 162 cm³/mol. The number of quaternary nitrogens is 1. The summed E-state index contributed by atoms with van der Waals surface area (Å²) in [6.07, 6.45) is 18.7. The van der Waals surface area contributed by atoms with Gasteiger partial charge in [0.05, 0.1) is 40.3 Å². The minimum atomic E-state index is -4.20. The second-order valence-corrected chi connectivity index (χ2v) is 13.6. The number of aliphatic carboxylic acids is 1. The first-order valence-corrected chi connectivity index (χ1v) is 17.3. The molecule has 0 aromatic heterocycles. The Labute approximate surface area is 245 Å². The summed E-state index contributed by atoms with van der Waals surface area (Å²) in [5.74, 6) is -1.27. The molecule has 0 aliphatic heterocycles. The van der Waals surface area contributed by atoms with Crippen molar-refractivity contribution in [2.45, 2.75) is 123 Å². The van der Waals surface area contributed by atoms with Gasteiger partial charge < -0.3 is 24.0 Å². The summed E-state index contributed by atoms with van der Waals surface area (Å²) in [5.41, 5.74) is 0. The van der Waals surface area contributed by atoms with E-state index in [1.54, 1.807) is 6.92 Å². The molecule has 0 saturated heterocycles. The zero-order valence-electron chi connectivity index (χ0n) is 26.4. The zero-order valence-corrected chi connectivity index (χ0v) is 27.3. The third-order valence-electron chi connectivity index (χ3n) is 6.94. The Morgan fingerprint density at radius 2 is 1.27 bits per heavy atom. The lowest BCUT2D eigenvalue weighted by Gasteiger charge is -2.24. The number of carboxylic acid groups (broad SMARTS) is 1. The highest BCUT2D eigenvalue weighted by Gasteiger charge is 2.25. The molecule has 40 heavy (non-hydrogen) atoms. The second-order valence-electron chi connectivity index (χ2n) is 12.2. The van der Waals surface area contributed by atoms with Crippen molar-refractivity contribution in [3.8, 4) is 0 Å². The molecule has 0 fully saturated rings. The fraction of sp³-hybridized carbons (Fsp3) is 0.967. The molecular weight excluding hydrogens is 533 g/mol. The number of carbonyl (C=O) groups is 1. The van der Waals surface area contributed by atoms with Crippen LogP contribution in [0.25, 0.3) is 0 Å². The van der Waals surface area contributed by atoms with Crippen molar-refractivity contribution < 1.29 is 42.4 Å². The summed E-state index contributed by atoms with van der Waals surface area (Å²) in [4.78, 5) is 21.0. The summed E-state index contributed by atoms with van der Waals surface area (Å²) >= 11 is 0. The van der Waals surface area contributed by atoms with Crippen LogP contribution in [0.15, 0.2) is 0 Å². The first-order valence-electron chi connectivity index (χ1n) is 15.8. The Kier molecular flexibility index (Phi) is 24.7. The van der Waals surface area contributed by atoms with Crippen molar-refractivity contribution in [1.29, 1.82) is 0 Å². The molecule has 0 amide bonds. The van der Waals surface area contributed by atoms with Gasteiger partial charge in [0.1, 0.15) is 19.3 Å². The predicted octanol–water partition coefficient (Wildman–Crippen LogP) is 7.21. The third-order valence-corrected chi connectivity index (χ3v) is 7.93. The first kappa shape index (κ1) is 39.5. The van der Waals surface area contributed by atoms with E-state index in [9.17, 15) is 14.3 Å². The largest absolute Gasteiger partial charge is 0.481 e. The molecule has 10 heteroatoms. The van der Waals surface area contributed by atoms with Crippen LogP contribution in [0.4, 0.5) is 0 Å². The van der Waals surface area contributed by atoms with E-state index >= 15 is 0 Å². The number of phosphoric ester groups is 1. The van der Waals surface area contributed by atoms with Gasteiger partial charge in [0.15, 0.2) is 0 Å². The smallest absolute Gasteiger partial charge is 0.472 e. The summed E-state index contributed by atoms with van der Waals surface area (Å²) in [7, 11) is 1.71. The standard InChI is InChI=1S/C30H62NO8P/c1-6-7-8-9-10-11-12-13-14-15-16-17-18-19-23-36-26-29(37-24-20-21-28(2)30(32)33)27-39-40(34,35)38-25-22-31(3,4)5/h28-29H,6-27H2,1-5H3,(H-,32,33,34,35)/p+1. The van der Waals surface area contributed by atoms with Gasteiger partial charge in [0.25, 0.3) is 0 Å². The van der Waals surface area contributed by atoms with Crippen molar-refractivity contribution in [2.24, 2.45) is 5.92 Å². The maximum absolute atomic E-state index is 12.3. The molecule has 3 atom stereocenters. The molecule has 0 aromatic rings. The van der Waals surface area contributed by atoms with Gasteiger partial charge in [-0.3, -0.25) is 13.8 Å². The lowest BCUT2D eigenvalue weighted by molar-refractivity contribution is -0.870. The molecule has 0 aromatic carbocycles. The number of carboxylic acids is 1. The highest BCUT2D eigenvalue weighted by atomic mass is 31.2. The van der Waals surface area contributed by atoms with E-state index < -0.39 is 25.8 Å².